The van der Waals surface area contributed by atoms with Crippen molar-refractivity contribution in [3.63, 3.8) is 0 Å². The van der Waals surface area contributed by atoms with E-state index in [9.17, 15) is 9.59 Å². The van der Waals surface area contributed by atoms with Crippen LogP contribution in [0.1, 0.15) is 41.5 Å². The molecule has 0 aliphatic carbocycles. The van der Waals surface area contributed by atoms with Crippen molar-refractivity contribution in [3.05, 3.63) is 47.3 Å². The number of carboxylic acids is 1. The molecule has 0 aliphatic rings. The van der Waals surface area contributed by atoms with E-state index in [4.69, 9.17) is 5.11 Å². The minimum absolute atomic E-state index is 0.140. The number of aromatic nitrogens is 2. The number of carbonyl (C=O) groups is 2. The molecule has 2 rings (SSSR count). The van der Waals surface area contributed by atoms with E-state index in [2.05, 4.69) is 10.4 Å². The maximum Gasteiger partial charge on any atom is 0.308 e. The van der Waals surface area contributed by atoms with E-state index in [-0.39, 0.29) is 12.5 Å². The molecule has 1 unspecified atom stereocenters. The first-order valence-electron chi connectivity index (χ1n) is 8.07. The molecule has 1 atom stereocenters. The molecule has 0 saturated carbocycles. The molecule has 24 heavy (non-hydrogen) atoms. The average molecular weight is 329 g/mol. The Morgan fingerprint density at radius 1 is 1.25 bits per heavy atom. The lowest BCUT2D eigenvalue weighted by molar-refractivity contribution is -0.141. The van der Waals surface area contributed by atoms with Crippen LogP contribution in [0.5, 0.6) is 0 Å². The van der Waals surface area contributed by atoms with Gasteiger partial charge in [0.15, 0.2) is 0 Å². The van der Waals surface area contributed by atoms with Crippen molar-refractivity contribution < 1.29 is 14.7 Å². The minimum Gasteiger partial charge on any atom is -0.481 e. The molecule has 0 aliphatic heterocycles. The van der Waals surface area contributed by atoms with Gasteiger partial charge < -0.3 is 10.4 Å². The summed E-state index contributed by atoms with van der Waals surface area (Å²) in [6.07, 6.45) is 1.32. The van der Waals surface area contributed by atoms with Crippen molar-refractivity contribution in [2.75, 3.05) is 6.54 Å². The number of aryl methyl sites for hydroxylation is 2. The molecule has 0 spiro atoms. The van der Waals surface area contributed by atoms with Crippen molar-refractivity contribution in [1.29, 1.82) is 0 Å². The van der Waals surface area contributed by atoms with E-state index in [1.54, 1.807) is 12.1 Å². The second-order valence-corrected chi connectivity index (χ2v) is 5.92. The maximum atomic E-state index is 12.2. The fraction of sp³-hybridized carbons (Fsp3) is 0.389. The van der Waals surface area contributed by atoms with Crippen LogP contribution >= 0.6 is 0 Å². The number of benzene rings is 1. The third-order valence-corrected chi connectivity index (χ3v) is 3.88. The number of hydrogen-bond acceptors (Lipinski definition) is 3. The summed E-state index contributed by atoms with van der Waals surface area (Å²) in [6, 6.07) is 9.08. The Morgan fingerprint density at radius 3 is 2.42 bits per heavy atom. The van der Waals surface area contributed by atoms with Crippen LogP contribution in [0.25, 0.3) is 5.69 Å². The molecule has 128 valence electrons. The van der Waals surface area contributed by atoms with Gasteiger partial charge in [-0.15, -0.1) is 0 Å². The number of nitrogens with zero attached hydrogens (tertiary/aromatic N) is 2. The highest BCUT2D eigenvalue weighted by atomic mass is 16.4. The Hall–Kier alpha value is -2.63. The summed E-state index contributed by atoms with van der Waals surface area (Å²) in [5.74, 6) is -1.69. The van der Waals surface area contributed by atoms with Gasteiger partial charge in [-0.3, -0.25) is 9.59 Å². The van der Waals surface area contributed by atoms with E-state index in [0.717, 1.165) is 23.5 Å². The van der Waals surface area contributed by atoms with Gasteiger partial charge in [0, 0.05) is 17.8 Å². The van der Waals surface area contributed by atoms with E-state index in [1.807, 2.05) is 43.7 Å². The lowest BCUT2D eigenvalue weighted by Crippen LogP contribution is -2.32. The third-order valence-electron chi connectivity index (χ3n) is 3.88. The van der Waals surface area contributed by atoms with Crippen molar-refractivity contribution in [2.45, 2.75) is 33.6 Å². The Balaban J connectivity index is 2.03. The summed E-state index contributed by atoms with van der Waals surface area (Å²) in [5.41, 5.74) is 3.34. The van der Waals surface area contributed by atoms with Gasteiger partial charge >= 0.3 is 5.97 Å². The van der Waals surface area contributed by atoms with E-state index in [0.29, 0.717) is 12.0 Å². The van der Waals surface area contributed by atoms with Crippen LogP contribution in [0.15, 0.2) is 30.3 Å². The monoisotopic (exact) mass is 329 g/mol. The molecule has 2 N–H and O–H groups in total. The summed E-state index contributed by atoms with van der Waals surface area (Å²) >= 11 is 0. The number of nitrogens with one attached hydrogen (secondary N) is 1. The molecule has 0 fully saturated rings. The molecule has 6 heteroatoms. The highest BCUT2D eigenvalue weighted by molar-refractivity contribution is 5.94. The lowest BCUT2D eigenvalue weighted by atomic mass is 10.0. The molecule has 0 saturated heterocycles. The van der Waals surface area contributed by atoms with E-state index < -0.39 is 11.9 Å². The number of rotatable bonds is 7. The standard InChI is InChI=1S/C18H23N3O3/c1-4-5-15(18(23)24)11-19-17(22)14-6-8-16(9-7-14)21-13(3)10-12(2)20-21/h6-10,15H,4-5,11H2,1-3H3,(H,19,22)(H,23,24). The van der Waals surface area contributed by atoms with Gasteiger partial charge in [0.2, 0.25) is 0 Å². The Kier molecular flexibility index (Phi) is 5.73. The molecule has 1 heterocycles. The fourth-order valence-electron chi connectivity index (χ4n) is 2.62. The molecule has 1 amide bonds. The largest absolute Gasteiger partial charge is 0.481 e. The molecule has 2 aromatic rings. The molecular formula is C18H23N3O3. The van der Waals surface area contributed by atoms with Gasteiger partial charge in [-0.05, 0) is 50.6 Å². The highest BCUT2D eigenvalue weighted by Gasteiger charge is 2.17. The zero-order valence-electron chi connectivity index (χ0n) is 14.2. The Morgan fingerprint density at radius 2 is 1.92 bits per heavy atom. The molecule has 1 aromatic heterocycles. The van der Waals surface area contributed by atoms with Crippen LogP contribution in [0.4, 0.5) is 0 Å². The number of carbonyl (C=O) groups excluding carboxylic acids is 1. The van der Waals surface area contributed by atoms with Gasteiger partial charge in [0.1, 0.15) is 0 Å². The summed E-state index contributed by atoms with van der Waals surface area (Å²) < 4.78 is 1.82. The normalized spacial score (nSPS) is 12.0. The molecule has 6 nitrogen and oxygen atoms in total. The van der Waals surface area contributed by atoms with Crippen molar-refractivity contribution in [2.24, 2.45) is 5.92 Å². The van der Waals surface area contributed by atoms with Gasteiger partial charge in [0.25, 0.3) is 5.91 Å². The second-order valence-electron chi connectivity index (χ2n) is 5.92. The smallest absolute Gasteiger partial charge is 0.308 e. The van der Waals surface area contributed by atoms with Gasteiger partial charge in [-0.1, -0.05) is 13.3 Å². The summed E-state index contributed by atoms with van der Waals surface area (Å²) in [5, 5.41) is 16.2. The summed E-state index contributed by atoms with van der Waals surface area (Å²) in [4.78, 5) is 23.3. The predicted octanol–water partition coefficient (Wildman–Crippen LogP) is 2.72. The van der Waals surface area contributed by atoms with Crippen molar-refractivity contribution in [1.82, 2.24) is 15.1 Å². The minimum atomic E-state index is -0.878. The quantitative estimate of drug-likeness (QED) is 0.818. The summed E-state index contributed by atoms with van der Waals surface area (Å²) in [6.45, 7) is 5.97. The van der Waals surface area contributed by atoms with Crippen LogP contribution in [-0.2, 0) is 4.79 Å². The van der Waals surface area contributed by atoms with E-state index >= 15 is 0 Å². The number of carboxylic acid groups (broad SMARTS) is 1. The van der Waals surface area contributed by atoms with Crippen molar-refractivity contribution in [3.8, 4) is 5.69 Å². The van der Waals surface area contributed by atoms with Crippen LogP contribution in [0.3, 0.4) is 0 Å². The SMILES string of the molecule is CCCC(CNC(=O)c1ccc(-n2nc(C)cc2C)cc1)C(=O)O. The first kappa shape index (κ1) is 17.7. The van der Waals surface area contributed by atoms with Crippen molar-refractivity contribution >= 4 is 11.9 Å². The zero-order chi connectivity index (χ0) is 17.7. The van der Waals surface area contributed by atoms with Gasteiger partial charge in [-0.2, -0.15) is 5.10 Å². The van der Waals surface area contributed by atoms with E-state index in [1.165, 1.54) is 0 Å². The molecule has 0 bridgehead atoms. The van der Waals surface area contributed by atoms with Crippen LogP contribution in [-0.4, -0.2) is 33.3 Å². The molecule has 1 aromatic carbocycles. The average Bonchev–Trinajstić information content (AvgIpc) is 2.89. The van der Waals surface area contributed by atoms with Gasteiger partial charge in [-0.25, -0.2) is 4.68 Å². The fourth-order valence-corrected chi connectivity index (χ4v) is 2.62. The first-order valence-corrected chi connectivity index (χ1v) is 8.07. The third kappa shape index (κ3) is 4.22. The molecular weight excluding hydrogens is 306 g/mol. The maximum absolute atomic E-state index is 12.2. The topological polar surface area (TPSA) is 84.2 Å². The highest BCUT2D eigenvalue weighted by Crippen LogP contribution is 2.13. The Bertz CT molecular complexity index is 720. The predicted molar refractivity (Wildman–Crippen MR) is 91.4 cm³/mol. The second kappa shape index (κ2) is 7.77. The van der Waals surface area contributed by atoms with Crippen LogP contribution in [0, 0.1) is 19.8 Å². The van der Waals surface area contributed by atoms with Crippen LogP contribution < -0.4 is 5.32 Å². The number of hydrogen-bond donors (Lipinski definition) is 2. The van der Waals surface area contributed by atoms with Gasteiger partial charge in [0.05, 0.1) is 17.3 Å². The first-order chi connectivity index (χ1) is 11.4. The number of amides is 1. The zero-order valence-corrected chi connectivity index (χ0v) is 14.2. The lowest BCUT2D eigenvalue weighted by Gasteiger charge is -2.12. The molecule has 0 radical (unpaired) electrons. The number of aliphatic carboxylic acids is 1. The Labute approximate surface area is 141 Å². The summed E-state index contributed by atoms with van der Waals surface area (Å²) in [7, 11) is 0. The van der Waals surface area contributed by atoms with Crippen LogP contribution in [0.2, 0.25) is 0 Å².